The van der Waals surface area contributed by atoms with E-state index in [0.717, 1.165) is 5.56 Å². The summed E-state index contributed by atoms with van der Waals surface area (Å²) < 4.78 is 42.0. The number of benzene rings is 3. The van der Waals surface area contributed by atoms with Gasteiger partial charge in [-0.2, -0.15) is 8.42 Å². The maximum atomic E-state index is 13.1. The van der Waals surface area contributed by atoms with Gasteiger partial charge in [0.1, 0.15) is 10.6 Å². The van der Waals surface area contributed by atoms with Crippen molar-refractivity contribution in [3.05, 3.63) is 96.1 Å². The number of ether oxygens (including phenoxy) is 2. The Balaban J connectivity index is 1.93. The molecule has 0 saturated heterocycles. The van der Waals surface area contributed by atoms with Crippen LogP contribution in [0, 0.1) is 6.92 Å². The van der Waals surface area contributed by atoms with Crippen LogP contribution >= 0.6 is 0 Å². The molecule has 7 nitrogen and oxygen atoms in total. The third-order valence-corrected chi connectivity index (χ3v) is 6.57. The highest BCUT2D eigenvalue weighted by molar-refractivity contribution is 7.87. The molecule has 0 fully saturated rings. The summed E-state index contributed by atoms with van der Waals surface area (Å²) in [5.41, 5.74) is 2.81. The van der Waals surface area contributed by atoms with Crippen molar-refractivity contribution in [2.75, 3.05) is 14.2 Å². The SMILES string of the molecule is COC(=O)c1cc(-c2ccccc2)c(OS(=O)(=O)c2ccc(C)cc2)nc1-c1ccc(OC)cc1. The minimum atomic E-state index is -4.21. The summed E-state index contributed by atoms with van der Waals surface area (Å²) in [6, 6.07) is 23.7. The van der Waals surface area contributed by atoms with Crippen LogP contribution in [0.4, 0.5) is 0 Å². The lowest BCUT2D eigenvalue weighted by Gasteiger charge is -2.16. The molecule has 4 rings (SSSR count). The number of esters is 1. The molecule has 35 heavy (non-hydrogen) atoms. The largest absolute Gasteiger partial charge is 0.497 e. The van der Waals surface area contributed by atoms with E-state index in [-0.39, 0.29) is 22.0 Å². The number of nitrogens with zero attached hydrogens (tertiary/aromatic N) is 1. The molecular weight excluding hydrogens is 466 g/mol. The molecule has 0 aliphatic carbocycles. The van der Waals surface area contributed by atoms with E-state index < -0.39 is 16.1 Å². The maximum absolute atomic E-state index is 13.1. The maximum Gasteiger partial charge on any atom is 0.340 e. The van der Waals surface area contributed by atoms with Crippen molar-refractivity contribution in [2.45, 2.75) is 11.8 Å². The van der Waals surface area contributed by atoms with Gasteiger partial charge >= 0.3 is 16.1 Å². The average molecular weight is 490 g/mol. The van der Waals surface area contributed by atoms with Crippen LogP contribution in [0.25, 0.3) is 22.4 Å². The van der Waals surface area contributed by atoms with Gasteiger partial charge in [-0.25, -0.2) is 9.78 Å². The van der Waals surface area contributed by atoms with Crippen molar-refractivity contribution in [1.29, 1.82) is 0 Å². The van der Waals surface area contributed by atoms with Crippen LogP contribution in [0.1, 0.15) is 15.9 Å². The molecule has 1 aromatic heterocycles. The fourth-order valence-corrected chi connectivity index (χ4v) is 4.38. The minimum absolute atomic E-state index is 0.00745. The lowest BCUT2D eigenvalue weighted by atomic mass is 10.00. The Labute approximate surface area is 204 Å². The lowest BCUT2D eigenvalue weighted by Crippen LogP contribution is -2.13. The predicted molar refractivity (Wildman–Crippen MR) is 132 cm³/mol. The second-order valence-corrected chi connectivity index (χ2v) is 9.22. The first-order valence-corrected chi connectivity index (χ1v) is 12.1. The second kappa shape index (κ2) is 9.99. The zero-order valence-corrected chi connectivity index (χ0v) is 20.2. The van der Waals surface area contributed by atoms with E-state index in [1.807, 2.05) is 13.0 Å². The first-order chi connectivity index (χ1) is 16.8. The molecule has 178 valence electrons. The first-order valence-electron chi connectivity index (χ1n) is 10.7. The fourth-order valence-electron chi connectivity index (χ4n) is 3.48. The molecule has 0 saturated carbocycles. The molecule has 0 unspecified atom stereocenters. The van der Waals surface area contributed by atoms with E-state index in [1.54, 1.807) is 67.8 Å². The summed E-state index contributed by atoms with van der Waals surface area (Å²) >= 11 is 0. The molecule has 0 aliphatic heterocycles. The summed E-state index contributed by atoms with van der Waals surface area (Å²) in [4.78, 5) is 17.2. The number of carbonyl (C=O) groups excluding carboxylic acids is 1. The molecule has 0 atom stereocenters. The molecule has 8 heteroatoms. The Morgan fingerprint density at radius 2 is 1.49 bits per heavy atom. The van der Waals surface area contributed by atoms with Gasteiger partial charge in [-0.15, -0.1) is 0 Å². The molecule has 0 spiro atoms. The zero-order chi connectivity index (χ0) is 25.0. The van der Waals surface area contributed by atoms with Crippen molar-refractivity contribution in [2.24, 2.45) is 0 Å². The van der Waals surface area contributed by atoms with E-state index in [0.29, 0.717) is 22.4 Å². The molecule has 0 aliphatic rings. The number of hydrogen-bond acceptors (Lipinski definition) is 7. The molecule has 3 aromatic carbocycles. The highest BCUT2D eigenvalue weighted by Gasteiger charge is 2.25. The monoisotopic (exact) mass is 489 g/mol. The zero-order valence-electron chi connectivity index (χ0n) is 19.4. The van der Waals surface area contributed by atoms with Crippen LogP contribution < -0.4 is 8.92 Å². The molecule has 0 N–H and O–H groups in total. The van der Waals surface area contributed by atoms with E-state index in [4.69, 9.17) is 13.7 Å². The average Bonchev–Trinajstić information content (AvgIpc) is 2.88. The minimum Gasteiger partial charge on any atom is -0.497 e. The lowest BCUT2D eigenvalue weighted by molar-refractivity contribution is 0.0601. The molecular formula is C27H23NO6S. The first kappa shape index (κ1) is 24.0. The molecule has 4 aromatic rings. The van der Waals surface area contributed by atoms with Gasteiger partial charge in [0, 0.05) is 11.1 Å². The van der Waals surface area contributed by atoms with Gasteiger partial charge in [0.2, 0.25) is 5.88 Å². The van der Waals surface area contributed by atoms with E-state index in [1.165, 1.54) is 25.3 Å². The molecule has 0 bridgehead atoms. The number of rotatable bonds is 7. The summed E-state index contributed by atoms with van der Waals surface area (Å²) in [7, 11) is -1.39. The number of hydrogen-bond donors (Lipinski definition) is 0. The normalized spacial score (nSPS) is 11.1. The summed E-state index contributed by atoms with van der Waals surface area (Å²) in [5, 5.41) is 0. The fraction of sp³-hybridized carbons (Fsp3) is 0.111. The Bertz CT molecular complexity index is 1450. The van der Waals surface area contributed by atoms with Crippen molar-refractivity contribution in [3.8, 4) is 34.0 Å². The summed E-state index contributed by atoms with van der Waals surface area (Å²) in [6.07, 6.45) is 0. The summed E-state index contributed by atoms with van der Waals surface area (Å²) in [5.74, 6) is -0.156. The van der Waals surface area contributed by atoms with Crippen LogP contribution in [0.5, 0.6) is 11.6 Å². The molecule has 0 radical (unpaired) electrons. The number of pyridine rings is 1. The molecule has 1 heterocycles. The Hall–Kier alpha value is -4.17. The van der Waals surface area contributed by atoms with Crippen molar-refractivity contribution in [1.82, 2.24) is 4.98 Å². The van der Waals surface area contributed by atoms with E-state index in [2.05, 4.69) is 4.98 Å². The third-order valence-electron chi connectivity index (χ3n) is 5.34. The van der Waals surface area contributed by atoms with Gasteiger partial charge in [-0.3, -0.25) is 0 Å². The highest BCUT2D eigenvalue weighted by Crippen LogP contribution is 2.36. The van der Waals surface area contributed by atoms with Crippen LogP contribution in [0.3, 0.4) is 0 Å². The van der Waals surface area contributed by atoms with Gasteiger partial charge in [-0.05, 0) is 55.0 Å². The number of methoxy groups -OCH3 is 2. The molecule has 0 amide bonds. The Morgan fingerprint density at radius 1 is 0.829 bits per heavy atom. The van der Waals surface area contributed by atoms with Gasteiger partial charge in [0.05, 0.1) is 25.5 Å². The van der Waals surface area contributed by atoms with E-state index >= 15 is 0 Å². The van der Waals surface area contributed by atoms with Gasteiger partial charge in [0.15, 0.2) is 0 Å². The highest BCUT2D eigenvalue weighted by atomic mass is 32.2. The second-order valence-electron chi connectivity index (χ2n) is 7.67. The van der Waals surface area contributed by atoms with Crippen molar-refractivity contribution >= 4 is 16.1 Å². The predicted octanol–water partition coefficient (Wildman–Crippen LogP) is 5.29. The van der Waals surface area contributed by atoms with E-state index in [9.17, 15) is 13.2 Å². The van der Waals surface area contributed by atoms with Crippen LogP contribution in [-0.4, -0.2) is 33.6 Å². The van der Waals surface area contributed by atoms with Crippen LogP contribution in [-0.2, 0) is 14.9 Å². The van der Waals surface area contributed by atoms with Crippen LogP contribution in [0.15, 0.2) is 89.8 Å². The quantitative estimate of drug-likeness (QED) is 0.257. The van der Waals surface area contributed by atoms with Gasteiger partial charge in [0.25, 0.3) is 0 Å². The Morgan fingerprint density at radius 3 is 2.09 bits per heavy atom. The smallest absolute Gasteiger partial charge is 0.340 e. The number of carbonyl (C=O) groups is 1. The van der Waals surface area contributed by atoms with Gasteiger partial charge < -0.3 is 13.7 Å². The summed E-state index contributed by atoms with van der Waals surface area (Å²) in [6.45, 7) is 1.86. The van der Waals surface area contributed by atoms with Crippen molar-refractivity contribution < 1.29 is 26.9 Å². The number of aromatic nitrogens is 1. The van der Waals surface area contributed by atoms with Crippen molar-refractivity contribution in [3.63, 3.8) is 0 Å². The van der Waals surface area contributed by atoms with Crippen LogP contribution in [0.2, 0.25) is 0 Å². The standard InChI is InChI=1S/C27H23NO6S/c1-18-9-15-22(16-10-18)35(30,31)34-26-23(19-7-5-4-6-8-19)17-24(27(29)33-3)25(28-26)20-11-13-21(32-2)14-12-20/h4-17H,1-3H3. The number of aryl methyl sites for hydroxylation is 1. The Kier molecular flexibility index (Phi) is 6.84. The topological polar surface area (TPSA) is 91.8 Å². The third kappa shape index (κ3) is 5.17. The van der Waals surface area contributed by atoms with Gasteiger partial charge in [-0.1, -0.05) is 48.0 Å².